The molecule has 0 bridgehead atoms. The van der Waals surface area contributed by atoms with Crippen LogP contribution in [0.15, 0.2) is 36.8 Å². The fourth-order valence-electron chi connectivity index (χ4n) is 5.51. The summed E-state index contributed by atoms with van der Waals surface area (Å²) in [6.07, 6.45) is 0.538. The summed E-state index contributed by atoms with van der Waals surface area (Å²) < 4.78 is 46.5. The van der Waals surface area contributed by atoms with Crippen LogP contribution in [0.25, 0.3) is 22.8 Å². The van der Waals surface area contributed by atoms with Crippen LogP contribution in [0.5, 0.6) is 5.88 Å². The predicted molar refractivity (Wildman–Crippen MR) is 150 cm³/mol. The van der Waals surface area contributed by atoms with Crippen molar-refractivity contribution in [3.8, 4) is 28.7 Å². The van der Waals surface area contributed by atoms with Gasteiger partial charge in [0.05, 0.1) is 24.6 Å². The Hall–Kier alpha value is -4.06. The normalized spacial score (nSPS) is 16.6. The molecule has 42 heavy (non-hydrogen) atoms. The molecule has 1 saturated carbocycles. The van der Waals surface area contributed by atoms with Crippen molar-refractivity contribution in [2.45, 2.75) is 70.3 Å². The summed E-state index contributed by atoms with van der Waals surface area (Å²) in [4.78, 5) is 24.8. The number of aromatic nitrogens is 6. The number of hydrogen-bond donors (Lipinski definition) is 1. The molecule has 6 rings (SSSR count). The van der Waals surface area contributed by atoms with Gasteiger partial charge in [-0.2, -0.15) is 13.2 Å². The molecular formula is C30H32F3N7O2. The number of alkyl halides is 3. The lowest BCUT2D eigenvalue weighted by Gasteiger charge is -2.30. The fourth-order valence-corrected chi connectivity index (χ4v) is 5.51. The second-order valence-corrected chi connectivity index (χ2v) is 11.2. The molecular weight excluding hydrogens is 547 g/mol. The molecule has 4 aromatic rings. The largest absolute Gasteiger partial charge is 0.480 e. The van der Waals surface area contributed by atoms with E-state index in [-0.39, 0.29) is 11.9 Å². The van der Waals surface area contributed by atoms with Gasteiger partial charge in [0.2, 0.25) is 5.88 Å². The van der Waals surface area contributed by atoms with Crippen molar-refractivity contribution in [3.63, 3.8) is 0 Å². The lowest BCUT2D eigenvalue weighted by Crippen LogP contribution is -2.32. The van der Waals surface area contributed by atoms with Crippen LogP contribution in [0.3, 0.4) is 0 Å². The molecule has 2 aliphatic carbocycles. The van der Waals surface area contributed by atoms with Gasteiger partial charge >= 0.3 is 6.18 Å². The average Bonchev–Trinajstić information content (AvgIpc) is 3.64. The van der Waals surface area contributed by atoms with Gasteiger partial charge in [0.15, 0.2) is 11.5 Å². The Balaban J connectivity index is 1.38. The van der Waals surface area contributed by atoms with Gasteiger partial charge in [0.25, 0.3) is 0 Å². The Bertz CT molecular complexity index is 1610. The van der Waals surface area contributed by atoms with Crippen LogP contribution in [0, 0.1) is 0 Å². The number of hydrogen-bond acceptors (Lipinski definition) is 8. The Morgan fingerprint density at radius 1 is 1.05 bits per heavy atom. The summed E-state index contributed by atoms with van der Waals surface area (Å²) in [5.74, 6) is 2.11. The number of halogens is 3. The molecule has 0 saturated heterocycles. The van der Waals surface area contributed by atoms with Crippen molar-refractivity contribution in [1.82, 2.24) is 29.5 Å². The van der Waals surface area contributed by atoms with E-state index < -0.39 is 18.0 Å². The monoisotopic (exact) mass is 579 g/mol. The van der Waals surface area contributed by atoms with Gasteiger partial charge in [-0.15, -0.1) is 0 Å². The number of methoxy groups -OCH3 is 1. The fraction of sp³-hybridized carbons (Fsp3) is 0.433. The molecule has 2 aliphatic rings. The minimum atomic E-state index is -4.51. The highest BCUT2D eigenvalue weighted by Gasteiger charge is 2.36. The third-order valence-corrected chi connectivity index (χ3v) is 7.85. The highest BCUT2D eigenvalue weighted by molar-refractivity contribution is 5.69. The Morgan fingerprint density at radius 3 is 2.40 bits per heavy atom. The van der Waals surface area contributed by atoms with Gasteiger partial charge in [-0.25, -0.2) is 24.9 Å². The maximum absolute atomic E-state index is 13.2. The summed E-state index contributed by atoms with van der Waals surface area (Å²) in [5.41, 5.74) is 3.65. The maximum Gasteiger partial charge on any atom is 0.434 e. The third-order valence-electron chi connectivity index (χ3n) is 7.85. The van der Waals surface area contributed by atoms with E-state index in [4.69, 9.17) is 14.7 Å². The predicted octanol–water partition coefficient (Wildman–Crippen LogP) is 5.63. The molecule has 0 spiro atoms. The molecule has 220 valence electrons. The van der Waals surface area contributed by atoms with Crippen LogP contribution in [0.2, 0.25) is 0 Å². The standard InChI is InChI=1S/C30H32F3N7O2/c1-16(2)40(13-17-5-7-19(8-6-17)27-36-22(14-39(27)3)30(31,32)33)28-20-11-12-21(41)25(20)37-26(38-28)23-24(18-9-10-18)34-15-35-29(23)42-4/h5-8,14-16,18,21,41H,9-13H2,1-4H3. The van der Waals surface area contributed by atoms with Crippen molar-refractivity contribution in [1.29, 1.82) is 0 Å². The molecule has 1 unspecified atom stereocenters. The summed E-state index contributed by atoms with van der Waals surface area (Å²) in [7, 11) is 3.11. The van der Waals surface area contributed by atoms with Crippen molar-refractivity contribution in [3.05, 3.63) is 65.0 Å². The number of aliphatic hydroxyl groups excluding tert-OH is 1. The van der Waals surface area contributed by atoms with Gasteiger partial charge in [-0.05, 0) is 45.1 Å². The second-order valence-electron chi connectivity index (χ2n) is 11.2. The van der Waals surface area contributed by atoms with Crippen LogP contribution >= 0.6 is 0 Å². The van der Waals surface area contributed by atoms with Crippen molar-refractivity contribution in [2.75, 3.05) is 12.0 Å². The number of rotatable bonds is 8. The first-order chi connectivity index (χ1) is 20.0. The molecule has 3 aromatic heterocycles. The van der Waals surface area contributed by atoms with E-state index in [1.54, 1.807) is 26.3 Å². The number of anilines is 1. The number of fused-ring (bicyclic) bond motifs is 1. The van der Waals surface area contributed by atoms with Crippen LogP contribution in [-0.2, 0) is 26.2 Å². The molecule has 12 heteroatoms. The average molecular weight is 580 g/mol. The van der Waals surface area contributed by atoms with E-state index in [1.165, 1.54) is 10.9 Å². The molecule has 0 radical (unpaired) electrons. The molecule has 1 atom stereocenters. The molecule has 3 heterocycles. The number of aliphatic hydroxyl groups is 1. The molecule has 9 nitrogen and oxygen atoms in total. The van der Waals surface area contributed by atoms with E-state index in [2.05, 4.69) is 33.7 Å². The number of benzene rings is 1. The number of aryl methyl sites for hydroxylation is 1. The quantitative estimate of drug-likeness (QED) is 0.287. The molecule has 1 fully saturated rings. The highest BCUT2D eigenvalue weighted by atomic mass is 19.4. The van der Waals surface area contributed by atoms with Crippen molar-refractivity contribution in [2.24, 2.45) is 7.05 Å². The van der Waals surface area contributed by atoms with Crippen LogP contribution < -0.4 is 9.64 Å². The molecule has 0 amide bonds. The second kappa shape index (κ2) is 10.6. The van der Waals surface area contributed by atoms with E-state index in [0.717, 1.165) is 41.7 Å². The SMILES string of the molecule is COc1ncnc(C2CC2)c1-c1nc2c(c(N(Cc3ccc(-c4nc(C(F)(F)F)cn4C)cc3)C(C)C)n1)CCC2O. The van der Waals surface area contributed by atoms with Crippen LogP contribution in [0.1, 0.15) is 73.3 Å². The number of imidazole rings is 1. The zero-order valence-corrected chi connectivity index (χ0v) is 23.9. The zero-order valence-electron chi connectivity index (χ0n) is 23.9. The number of ether oxygens (including phenoxy) is 1. The van der Waals surface area contributed by atoms with Gasteiger partial charge in [-0.1, -0.05) is 24.3 Å². The lowest BCUT2D eigenvalue weighted by molar-refractivity contribution is -0.140. The van der Waals surface area contributed by atoms with Gasteiger partial charge in [-0.3, -0.25) is 0 Å². The van der Waals surface area contributed by atoms with E-state index in [1.807, 2.05) is 12.1 Å². The zero-order chi connectivity index (χ0) is 29.8. The van der Waals surface area contributed by atoms with E-state index >= 15 is 0 Å². The summed E-state index contributed by atoms with van der Waals surface area (Å²) in [6, 6.07) is 7.38. The minimum absolute atomic E-state index is 0.0370. The van der Waals surface area contributed by atoms with Gasteiger partial charge in [0.1, 0.15) is 23.5 Å². The molecule has 0 aliphatic heterocycles. The first kappa shape index (κ1) is 28.1. The molecule has 1 aromatic carbocycles. The van der Waals surface area contributed by atoms with Crippen LogP contribution in [0.4, 0.5) is 19.0 Å². The van der Waals surface area contributed by atoms with Crippen molar-refractivity contribution >= 4 is 5.82 Å². The molecule has 1 N–H and O–H groups in total. The first-order valence-electron chi connectivity index (χ1n) is 14.0. The van der Waals surface area contributed by atoms with E-state index in [9.17, 15) is 18.3 Å². The maximum atomic E-state index is 13.2. The topological polar surface area (TPSA) is 102 Å². The minimum Gasteiger partial charge on any atom is -0.480 e. The van der Waals surface area contributed by atoms with Crippen molar-refractivity contribution < 1.29 is 23.0 Å². The summed E-state index contributed by atoms with van der Waals surface area (Å²) in [5, 5.41) is 10.9. The summed E-state index contributed by atoms with van der Waals surface area (Å²) in [6.45, 7) is 4.63. The Labute approximate surface area is 241 Å². The van der Waals surface area contributed by atoms with E-state index in [0.29, 0.717) is 53.8 Å². The third kappa shape index (κ3) is 5.19. The number of nitrogens with zero attached hydrogens (tertiary/aromatic N) is 7. The highest BCUT2D eigenvalue weighted by Crippen LogP contribution is 2.46. The Morgan fingerprint density at radius 2 is 1.79 bits per heavy atom. The summed E-state index contributed by atoms with van der Waals surface area (Å²) >= 11 is 0. The smallest absolute Gasteiger partial charge is 0.434 e. The first-order valence-corrected chi connectivity index (χ1v) is 14.0. The van der Waals surface area contributed by atoms with Gasteiger partial charge < -0.3 is 19.3 Å². The van der Waals surface area contributed by atoms with Crippen LogP contribution in [-0.4, -0.2) is 47.7 Å². The van der Waals surface area contributed by atoms with Gasteiger partial charge in [0, 0.05) is 42.9 Å². The lowest BCUT2D eigenvalue weighted by atomic mass is 10.1. The Kier molecular flexibility index (Phi) is 7.12.